The highest BCUT2D eigenvalue weighted by Crippen LogP contribution is 2.41. The van der Waals surface area contributed by atoms with Gasteiger partial charge in [0.1, 0.15) is 0 Å². The van der Waals surface area contributed by atoms with Crippen LogP contribution in [0.5, 0.6) is 0 Å². The average Bonchev–Trinajstić information content (AvgIpc) is 3.41. The van der Waals surface area contributed by atoms with Crippen molar-refractivity contribution in [3.63, 3.8) is 0 Å². The second-order valence-electron chi connectivity index (χ2n) is 10.2. The Morgan fingerprint density at radius 3 is 2.18 bits per heavy atom. The molecule has 0 saturated heterocycles. The molecule has 5 heteroatoms. The highest BCUT2D eigenvalue weighted by Gasteiger charge is 2.40. The highest BCUT2D eigenvalue weighted by molar-refractivity contribution is 6.36. The quantitative estimate of drug-likeness (QED) is 0.232. The molecule has 0 atom stereocenters. The SMILES string of the molecule is Cc1cc(C)c(N2C(=O)c3cccc(-n4c5ccccc5c5cccc(-c6cccnc6)c54)c3C2=O)c(C)c1. The molecule has 6 aromatic rings. The maximum atomic E-state index is 14.2. The van der Waals surface area contributed by atoms with E-state index in [2.05, 4.69) is 39.9 Å². The first-order chi connectivity index (χ1) is 19.0. The predicted octanol–water partition coefficient (Wildman–Crippen LogP) is 7.57. The number of benzene rings is 4. The van der Waals surface area contributed by atoms with Gasteiger partial charge in [-0.1, -0.05) is 66.2 Å². The zero-order valence-electron chi connectivity index (χ0n) is 21.9. The van der Waals surface area contributed by atoms with E-state index >= 15 is 0 Å². The van der Waals surface area contributed by atoms with Crippen molar-refractivity contribution in [1.82, 2.24) is 9.55 Å². The number of aromatic nitrogens is 2. The van der Waals surface area contributed by atoms with Gasteiger partial charge in [-0.25, -0.2) is 4.90 Å². The van der Waals surface area contributed by atoms with Crippen LogP contribution < -0.4 is 4.90 Å². The predicted molar refractivity (Wildman–Crippen MR) is 156 cm³/mol. The summed E-state index contributed by atoms with van der Waals surface area (Å²) in [5, 5.41) is 2.15. The summed E-state index contributed by atoms with van der Waals surface area (Å²) in [4.78, 5) is 33.8. The van der Waals surface area contributed by atoms with E-state index in [0.29, 0.717) is 22.5 Å². The molecule has 39 heavy (non-hydrogen) atoms. The van der Waals surface area contributed by atoms with Gasteiger partial charge in [0.05, 0.1) is 33.5 Å². The van der Waals surface area contributed by atoms with Crippen LogP contribution in [0.15, 0.2) is 97.3 Å². The molecule has 2 aromatic heterocycles. The Morgan fingerprint density at radius 1 is 0.692 bits per heavy atom. The van der Waals surface area contributed by atoms with E-state index in [1.807, 2.05) is 75.5 Å². The van der Waals surface area contributed by atoms with Gasteiger partial charge in [-0.3, -0.25) is 14.6 Å². The minimum atomic E-state index is -0.301. The third kappa shape index (κ3) is 3.29. The van der Waals surface area contributed by atoms with E-state index in [1.54, 1.807) is 12.3 Å². The first-order valence-electron chi connectivity index (χ1n) is 13.0. The number of hydrogen-bond donors (Lipinski definition) is 0. The summed E-state index contributed by atoms with van der Waals surface area (Å²) in [6, 6.07) is 28.0. The zero-order valence-corrected chi connectivity index (χ0v) is 21.9. The number of para-hydroxylation sites is 2. The molecule has 2 amide bonds. The lowest BCUT2D eigenvalue weighted by molar-refractivity contribution is 0.0925. The van der Waals surface area contributed by atoms with Gasteiger partial charge in [-0.15, -0.1) is 0 Å². The maximum Gasteiger partial charge on any atom is 0.268 e. The van der Waals surface area contributed by atoms with Gasteiger partial charge < -0.3 is 4.57 Å². The normalized spacial score (nSPS) is 13.1. The van der Waals surface area contributed by atoms with E-state index < -0.39 is 0 Å². The molecule has 3 heterocycles. The number of aryl methyl sites for hydroxylation is 3. The van der Waals surface area contributed by atoms with Crippen LogP contribution in [0.1, 0.15) is 37.4 Å². The van der Waals surface area contributed by atoms with Crippen molar-refractivity contribution in [2.45, 2.75) is 20.8 Å². The molecule has 188 valence electrons. The van der Waals surface area contributed by atoms with Gasteiger partial charge in [-0.2, -0.15) is 0 Å². The second kappa shape index (κ2) is 8.50. The number of nitrogens with zero attached hydrogens (tertiary/aromatic N) is 3. The summed E-state index contributed by atoms with van der Waals surface area (Å²) in [5.74, 6) is -0.592. The summed E-state index contributed by atoms with van der Waals surface area (Å²) < 4.78 is 2.13. The number of imide groups is 1. The Morgan fingerprint density at radius 2 is 1.41 bits per heavy atom. The van der Waals surface area contributed by atoms with Crippen LogP contribution in [-0.4, -0.2) is 21.4 Å². The van der Waals surface area contributed by atoms with Crippen LogP contribution in [0.2, 0.25) is 0 Å². The number of fused-ring (bicyclic) bond motifs is 4. The Bertz CT molecular complexity index is 1960. The van der Waals surface area contributed by atoms with Gasteiger partial charge in [0, 0.05) is 34.3 Å². The number of pyridine rings is 1. The van der Waals surface area contributed by atoms with E-state index in [4.69, 9.17) is 0 Å². The van der Waals surface area contributed by atoms with Crippen molar-refractivity contribution in [2.75, 3.05) is 4.90 Å². The average molecular weight is 508 g/mol. The van der Waals surface area contributed by atoms with Crippen LogP contribution in [0, 0.1) is 20.8 Å². The van der Waals surface area contributed by atoms with Gasteiger partial charge in [-0.05, 0) is 56.2 Å². The smallest absolute Gasteiger partial charge is 0.268 e. The molecule has 0 aliphatic carbocycles. The summed E-state index contributed by atoms with van der Waals surface area (Å²) in [6.45, 7) is 5.92. The second-order valence-corrected chi connectivity index (χ2v) is 10.2. The summed E-state index contributed by atoms with van der Waals surface area (Å²) in [7, 11) is 0. The number of carbonyl (C=O) groups excluding carboxylic acids is 2. The monoisotopic (exact) mass is 507 g/mol. The van der Waals surface area contributed by atoms with E-state index in [-0.39, 0.29) is 11.8 Å². The summed E-state index contributed by atoms with van der Waals surface area (Å²) >= 11 is 0. The molecule has 0 unspecified atom stereocenters. The standard InChI is InChI=1S/C34H25N3O2/c1-20-17-21(2)31(22(3)18-20)37-33(38)27-13-7-15-29(30(27)34(37)39)36-28-14-5-4-10-25(28)26-12-6-11-24(32(26)36)23-9-8-16-35-19-23/h4-19H,1-3H3. The van der Waals surface area contributed by atoms with Gasteiger partial charge >= 0.3 is 0 Å². The molecular formula is C34H25N3O2. The molecule has 0 fully saturated rings. The summed E-state index contributed by atoms with van der Waals surface area (Å²) in [5.41, 5.74) is 9.03. The minimum absolute atomic E-state index is 0.292. The van der Waals surface area contributed by atoms with E-state index in [1.165, 1.54) is 4.90 Å². The lowest BCUT2D eigenvalue weighted by Gasteiger charge is -2.20. The van der Waals surface area contributed by atoms with Gasteiger partial charge in [0.2, 0.25) is 0 Å². The molecule has 5 nitrogen and oxygen atoms in total. The van der Waals surface area contributed by atoms with Crippen LogP contribution in [0.25, 0.3) is 38.6 Å². The Labute approximate surface area is 226 Å². The molecule has 0 bridgehead atoms. The molecule has 0 N–H and O–H groups in total. The highest BCUT2D eigenvalue weighted by atomic mass is 16.2. The molecule has 7 rings (SSSR count). The zero-order chi connectivity index (χ0) is 26.8. The van der Waals surface area contributed by atoms with Crippen molar-refractivity contribution in [3.8, 4) is 16.8 Å². The lowest BCUT2D eigenvalue weighted by Crippen LogP contribution is -2.31. The Kier molecular flexibility index (Phi) is 5.04. The van der Waals surface area contributed by atoms with E-state index in [0.717, 1.165) is 49.6 Å². The van der Waals surface area contributed by atoms with Crippen molar-refractivity contribution in [3.05, 3.63) is 125 Å². The third-order valence-electron chi connectivity index (χ3n) is 7.66. The Hall–Kier alpha value is -5.03. The van der Waals surface area contributed by atoms with E-state index in [9.17, 15) is 9.59 Å². The largest absolute Gasteiger partial charge is 0.308 e. The lowest BCUT2D eigenvalue weighted by atomic mass is 10.0. The number of anilines is 1. The van der Waals surface area contributed by atoms with Crippen molar-refractivity contribution >= 4 is 39.3 Å². The van der Waals surface area contributed by atoms with Crippen LogP contribution in [0.3, 0.4) is 0 Å². The van der Waals surface area contributed by atoms with Gasteiger partial charge in [0.15, 0.2) is 0 Å². The molecule has 0 radical (unpaired) electrons. The van der Waals surface area contributed by atoms with Crippen molar-refractivity contribution < 1.29 is 9.59 Å². The Balaban J connectivity index is 1.54. The van der Waals surface area contributed by atoms with Crippen molar-refractivity contribution in [2.24, 2.45) is 0 Å². The first kappa shape index (κ1) is 23.1. The van der Waals surface area contributed by atoms with Crippen molar-refractivity contribution in [1.29, 1.82) is 0 Å². The van der Waals surface area contributed by atoms with Crippen LogP contribution >= 0.6 is 0 Å². The van der Waals surface area contributed by atoms with Crippen LogP contribution in [-0.2, 0) is 0 Å². The molecule has 0 spiro atoms. The van der Waals surface area contributed by atoms with Crippen LogP contribution in [0.4, 0.5) is 5.69 Å². The fraction of sp³-hybridized carbons (Fsp3) is 0.0882. The fourth-order valence-electron chi connectivity index (χ4n) is 6.21. The number of carbonyl (C=O) groups is 2. The number of amides is 2. The summed E-state index contributed by atoms with van der Waals surface area (Å²) in [6.07, 6.45) is 3.61. The third-order valence-corrected chi connectivity index (χ3v) is 7.66. The molecule has 1 aliphatic rings. The molecule has 4 aromatic carbocycles. The maximum absolute atomic E-state index is 14.2. The fourth-order valence-corrected chi connectivity index (χ4v) is 6.21. The molecular weight excluding hydrogens is 482 g/mol. The first-order valence-corrected chi connectivity index (χ1v) is 13.0. The molecule has 0 saturated carbocycles. The number of rotatable bonds is 3. The topological polar surface area (TPSA) is 55.2 Å². The molecule has 1 aliphatic heterocycles. The number of hydrogen-bond acceptors (Lipinski definition) is 3. The minimum Gasteiger partial charge on any atom is -0.308 e. The van der Waals surface area contributed by atoms with Gasteiger partial charge in [0.25, 0.3) is 11.8 Å².